The second-order valence-electron chi connectivity index (χ2n) is 6.39. The van der Waals surface area contributed by atoms with Crippen molar-refractivity contribution in [3.05, 3.63) is 52.3 Å². The molecule has 1 aromatic carbocycles. The van der Waals surface area contributed by atoms with Crippen LogP contribution in [0.1, 0.15) is 25.3 Å². The summed E-state index contributed by atoms with van der Waals surface area (Å²) in [5.74, 6) is -3.12. The number of aromatic nitrogens is 2. The Bertz CT molecular complexity index is 1020. The number of amides is 1. The number of oxime groups is 1. The van der Waals surface area contributed by atoms with Crippen LogP contribution >= 0.6 is 0 Å². The molecule has 0 saturated heterocycles. The van der Waals surface area contributed by atoms with Crippen LogP contribution in [0.25, 0.3) is 0 Å². The predicted molar refractivity (Wildman–Crippen MR) is 104 cm³/mol. The van der Waals surface area contributed by atoms with Crippen LogP contribution in [0.2, 0.25) is 0 Å². The van der Waals surface area contributed by atoms with Gasteiger partial charge < -0.3 is 15.3 Å². The second-order valence-corrected chi connectivity index (χ2v) is 6.39. The second kappa shape index (κ2) is 10.4. The number of hydrogen-bond acceptors (Lipinski definition) is 7. The van der Waals surface area contributed by atoms with E-state index in [9.17, 15) is 28.1 Å². The summed E-state index contributed by atoms with van der Waals surface area (Å²) >= 11 is 0. The van der Waals surface area contributed by atoms with E-state index in [-0.39, 0.29) is 18.0 Å². The highest BCUT2D eigenvalue weighted by atomic mass is 19.4. The molecule has 0 saturated carbocycles. The Kier molecular flexibility index (Phi) is 7.87. The van der Waals surface area contributed by atoms with Gasteiger partial charge in [-0.05, 0) is 12.5 Å². The van der Waals surface area contributed by atoms with Gasteiger partial charge in [-0.25, -0.2) is 4.79 Å². The third-order valence-electron chi connectivity index (χ3n) is 3.97. The number of carboxylic acids is 1. The third kappa shape index (κ3) is 6.52. The number of para-hydroxylation sites is 1. The number of carbonyl (C=O) groups excluding carboxylic acids is 1. The summed E-state index contributed by atoms with van der Waals surface area (Å²) in [4.78, 5) is 37.0. The van der Waals surface area contributed by atoms with Gasteiger partial charge in [-0.15, -0.1) is 0 Å². The summed E-state index contributed by atoms with van der Waals surface area (Å²) in [5.41, 5.74) is 1.25. The molecule has 0 aliphatic carbocycles. The Morgan fingerprint density at radius 2 is 2.03 bits per heavy atom. The maximum absolute atomic E-state index is 12.3. The van der Waals surface area contributed by atoms with Gasteiger partial charge in [0.25, 0.3) is 11.6 Å². The number of aliphatic carboxylic acids is 1. The smallest absolute Gasteiger partial charge is 0.475 e. The Morgan fingerprint density at radius 1 is 1.38 bits per heavy atom. The Balaban J connectivity index is 0.000000451. The fraction of sp³-hybridized carbons (Fsp3) is 0.333. The van der Waals surface area contributed by atoms with Gasteiger partial charge in [0.05, 0.1) is 28.1 Å². The molecule has 1 aromatic heterocycles. The normalized spacial score (nSPS) is 15.1. The molecule has 2 heterocycles. The van der Waals surface area contributed by atoms with Crippen LogP contribution in [-0.2, 0) is 21.0 Å². The van der Waals surface area contributed by atoms with Crippen molar-refractivity contribution in [2.24, 2.45) is 5.16 Å². The zero-order valence-electron chi connectivity index (χ0n) is 16.6. The molecule has 14 heteroatoms. The van der Waals surface area contributed by atoms with Crippen LogP contribution in [0.4, 0.5) is 24.5 Å². The number of rotatable bonds is 6. The van der Waals surface area contributed by atoms with E-state index in [0.29, 0.717) is 17.0 Å². The van der Waals surface area contributed by atoms with Crippen LogP contribution in [0, 0.1) is 10.1 Å². The summed E-state index contributed by atoms with van der Waals surface area (Å²) in [6.45, 7) is 2.80. The number of aryl methyl sites for hydroxylation is 1. The first-order valence-electron chi connectivity index (χ1n) is 9.12. The number of nitrogens with one attached hydrogen (secondary N) is 1. The summed E-state index contributed by atoms with van der Waals surface area (Å²) in [7, 11) is 0. The lowest BCUT2D eigenvalue weighted by Crippen LogP contribution is -2.28. The van der Waals surface area contributed by atoms with E-state index in [1.807, 2.05) is 6.92 Å². The fourth-order valence-corrected chi connectivity index (χ4v) is 2.56. The van der Waals surface area contributed by atoms with Crippen LogP contribution in [-0.4, -0.2) is 49.7 Å². The number of carbonyl (C=O) groups is 2. The SMILES string of the molecule is CCCn1cc(NC(=O)C2CC(c3ccccc3[N+](=O)[O-])=NO2)cn1.O=C(O)C(F)(F)F. The Labute approximate surface area is 178 Å². The molecule has 1 aliphatic heterocycles. The number of anilines is 1. The van der Waals surface area contributed by atoms with Gasteiger partial charge in [-0.2, -0.15) is 18.3 Å². The minimum absolute atomic E-state index is 0.0632. The van der Waals surface area contributed by atoms with Crippen molar-refractivity contribution < 1.29 is 37.6 Å². The number of hydrogen-bond donors (Lipinski definition) is 2. The zero-order valence-corrected chi connectivity index (χ0v) is 16.6. The summed E-state index contributed by atoms with van der Waals surface area (Å²) in [6, 6.07) is 6.25. The van der Waals surface area contributed by atoms with E-state index in [2.05, 4.69) is 15.6 Å². The molecule has 2 aromatic rings. The van der Waals surface area contributed by atoms with Gasteiger partial charge in [-0.1, -0.05) is 24.2 Å². The minimum atomic E-state index is -5.08. The molecule has 3 rings (SSSR count). The van der Waals surface area contributed by atoms with Crippen molar-refractivity contribution in [1.29, 1.82) is 0 Å². The van der Waals surface area contributed by atoms with E-state index in [1.165, 1.54) is 6.07 Å². The summed E-state index contributed by atoms with van der Waals surface area (Å²) in [5, 5.41) is 28.9. The number of halogens is 3. The number of benzene rings is 1. The van der Waals surface area contributed by atoms with E-state index in [0.717, 1.165) is 13.0 Å². The maximum Gasteiger partial charge on any atom is 0.490 e. The maximum atomic E-state index is 12.3. The molecule has 11 nitrogen and oxygen atoms in total. The van der Waals surface area contributed by atoms with Gasteiger partial charge in [0.15, 0.2) is 0 Å². The highest BCUT2D eigenvalue weighted by Crippen LogP contribution is 2.25. The lowest BCUT2D eigenvalue weighted by Gasteiger charge is -2.07. The van der Waals surface area contributed by atoms with E-state index >= 15 is 0 Å². The average molecular weight is 457 g/mol. The Hall–Kier alpha value is -3.97. The lowest BCUT2D eigenvalue weighted by molar-refractivity contribution is -0.385. The van der Waals surface area contributed by atoms with Gasteiger partial charge in [0.2, 0.25) is 6.10 Å². The number of alkyl halides is 3. The summed E-state index contributed by atoms with van der Waals surface area (Å²) < 4.78 is 33.5. The number of nitrogens with zero attached hydrogens (tertiary/aromatic N) is 4. The first-order valence-corrected chi connectivity index (χ1v) is 9.12. The van der Waals surface area contributed by atoms with Crippen LogP contribution in [0.15, 0.2) is 41.8 Å². The van der Waals surface area contributed by atoms with Crippen molar-refractivity contribution in [2.75, 3.05) is 5.32 Å². The van der Waals surface area contributed by atoms with Gasteiger partial charge in [0.1, 0.15) is 0 Å². The molecule has 1 amide bonds. The largest absolute Gasteiger partial charge is 0.490 e. The van der Waals surface area contributed by atoms with Gasteiger partial charge >= 0.3 is 12.1 Å². The molecule has 1 unspecified atom stereocenters. The minimum Gasteiger partial charge on any atom is -0.475 e. The van der Waals surface area contributed by atoms with Crippen molar-refractivity contribution in [2.45, 2.75) is 38.6 Å². The molecule has 0 fully saturated rings. The highest BCUT2D eigenvalue weighted by Gasteiger charge is 2.38. The molecule has 2 N–H and O–H groups in total. The standard InChI is InChI=1S/C16H17N5O4.C2HF3O2/c1-2-7-20-10-11(9-17-20)18-16(22)15-8-13(19-25-15)12-5-3-4-6-14(12)21(23)24;3-2(4,5)1(6)7/h3-6,9-10,15H,2,7-8H2,1H3,(H,18,22);(H,6,7). The quantitative estimate of drug-likeness (QED) is 0.500. The van der Waals surface area contributed by atoms with Gasteiger partial charge in [-0.3, -0.25) is 19.6 Å². The first-order chi connectivity index (χ1) is 15.0. The zero-order chi connectivity index (χ0) is 23.9. The number of carboxylic acid groups (broad SMARTS) is 1. The molecular weight excluding hydrogens is 439 g/mol. The van der Waals surface area contributed by atoms with Crippen molar-refractivity contribution >= 4 is 29.0 Å². The van der Waals surface area contributed by atoms with E-state index < -0.39 is 23.2 Å². The van der Waals surface area contributed by atoms with Crippen molar-refractivity contribution in [3.8, 4) is 0 Å². The molecule has 0 bridgehead atoms. The molecule has 1 atom stereocenters. The van der Waals surface area contributed by atoms with Crippen molar-refractivity contribution in [1.82, 2.24) is 9.78 Å². The van der Waals surface area contributed by atoms with E-state index in [1.54, 1.807) is 35.3 Å². The van der Waals surface area contributed by atoms with Crippen LogP contribution in [0.3, 0.4) is 0 Å². The molecule has 172 valence electrons. The third-order valence-corrected chi connectivity index (χ3v) is 3.97. The first kappa shape index (κ1) is 24.3. The molecule has 32 heavy (non-hydrogen) atoms. The lowest BCUT2D eigenvalue weighted by atomic mass is 10.0. The van der Waals surface area contributed by atoms with Crippen LogP contribution in [0.5, 0.6) is 0 Å². The van der Waals surface area contributed by atoms with Crippen LogP contribution < -0.4 is 5.32 Å². The fourth-order valence-electron chi connectivity index (χ4n) is 2.56. The topological polar surface area (TPSA) is 149 Å². The molecule has 1 aliphatic rings. The van der Waals surface area contributed by atoms with E-state index in [4.69, 9.17) is 14.7 Å². The predicted octanol–water partition coefficient (Wildman–Crippen LogP) is 2.97. The number of nitro benzene ring substituents is 1. The molecular formula is C18H18F3N5O6. The monoisotopic (exact) mass is 457 g/mol. The summed E-state index contributed by atoms with van der Waals surface area (Å²) in [6.07, 6.45) is -1.51. The highest BCUT2D eigenvalue weighted by molar-refractivity contribution is 6.08. The van der Waals surface area contributed by atoms with Crippen molar-refractivity contribution in [3.63, 3.8) is 0 Å². The number of nitro groups is 1. The average Bonchev–Trinajstić information content (AvgIpc) is 3.38. The molecule has 0 radical (unpaired) electrons. The Morgan fingerprint density at radius 3 is 2.62 bits per heavy atom. The molecule has 0 spiro atoms. The van der Waals surface area contributed by atoms with Gasteiger partial charge in [0, 0.05) is 25.2 Å².